The first-order chi connectivity index (χ1) is 49.9. The molecule has 10 heterocycles. The predicted octanol–water partition coefficient (Wildman–Crippen LogP) is 22.4. The SMILES string of the molecule is CC.CC.CC.CC.CC.CC.CC.CC.CC.CC.CC(=O)[C@@H]1CCCN1C(C)C.CC(=O)[C@@H]1CCCN1C(C)C.CC(C)N1CCCC1.CC(C)N1CCCCC1.CC(C)N1CCCO1.CC(C)N1CCC[C@H]1C(=O)N1CCCC1.CC(C)N1CCC[C@H]1CN1CCCC1.CC(C)N1CCSC1. The van der Waals surface area contributed by atoms with Crippen LogP contribution in [0.25, 0.3) is 0 Å². The molecule has 10 fully saturated rings. The maximum atomic E-state index is 12.2. The standard InChI is InChI=1S/C12H22N2O.C12H24N2.2C9H17NO.C8H17N.C7H15N.C6H13NO.C6H13NS.10C2H6/c1-10(2)14-9-5-6-11(14)12(15)13-7-3-4-8-13;1-11(2)14-9-5-6-12(14)10-13-7-3-4-8-13;2*1-7(2)10-6-4-5-9(10)8(3)11;1-8(2)9-6-4-3-5-7-9;1-7(2)8-5-3-4-6-8;1-6(2)7-4-3-5-8-7;1-6(2)7-3-4-8-5-7;10*1-2/h10-11H,3-9H2,1-2H3;11-12H,3-10H2,1-2H3;2*7,9H,4-6H2,1-3H3;8H,3-7H2,1-2H3;7H,3-6H2,1-2H3;2*6H,3-5H2,1-2H3;10*1-2H3/t11-;12-;2*9-;;;;;;;;;;;;;;/m0000............../s1. The molecule has 0 radical (unpaired) electrons. The van der Waals surface area contributed by atoms with Gasteiger partial charge in [-0.1, -0.05) is 145 Å². The van der Waals surface area contributed by atoms with E-state index >= 15 is 0 Å². The van der Waals surface area contributed by atoms with Gasteiger partial charge in [-0.05, 0) is 299 Å². The Morgan fingerprint density at radius 2 is 0.635 bits per heavy atom. The Bertz CT molecular complexity index is 1620. The van der Waals surface area contributed by atoms with Crippen LogP contribution in [0, 0.1) is 0 Å². The highest BCUT2D eigenvalue weighted by Crippen LogP contribution is 2.26. The van der Waals surface area contributed by atoms with Crippen molar-refractivity contribution in [1.82, 2.24) is 49.2 Å². The quantitative estimate of drug-likeness (QED) is 0.175. The number of carbonyl (C=O) groups excluding carboxylic acids is 3. The molecule has 15 heteroatoms. The summed E-state index contributed by atoms with van der Waals surface area (Å²) >= 11 is 2.04. The zero-order chi connectivity index (χ0) is 82.3. The number of piperidine rings is 1. The Morgan fingerprint density at radius 1 is 0.317 bits per heavy atom. The van der Waals surface area contributed by atoms with Crippen molar-refractivity contribution in [1.29, 1.82) is 0 Å². The average Bonchev–Trinajstić information content (AvgIpc) is 1.78. The number of thioether (sulfide) groups is 1. The molecule has 0 aromatic rings. The number of rotatable bonds is 13. The first kappa shape index (κ1) is 119. The Kier molecular flexibility index (Phi) is 94.2. The minimum atomic E-state index is 0.183. The van der Waals surface area contributed by atoms with E-state index in [1.54, 1.807) is 13.8 Å². The predicted molar refractivity (Wildman–Crippen MR) is 474 cm³/mol. The van der Waals surface area contributed by atoms with E-state index < -0.39 is 0 Å². The van der Waals surface area contributed by atoms with Crippen LogP contribution in [0.15, 0.2) is 0 Å². The van der Waals surface area contributed by atoms with Crippen molar-refractivity contribution >= 4 is 29.2 Å². The normalized spacial score (nSPS) is 21.6. The first-order valence-corrected chi connectivity index (χ1v) is 46.3. The first-order valence-electron chi connectivity index (χ1n) is 45.2. The van der Waals surface area contributed by atoms with Crippen molar-refractivity contribution in [2.75, 3.05) is 116 Å². The highest BCUT2D eigenvalue weighted by molar-refractivity contribution is 7.99. The summed E-state index contributed by atoms with van der Waals surface area (Å²) in [6.07, 6.45) is 23.1. The highest BCUT2D eigenvalue weighted by Gasteiger charge is 2.36. The van der Waals surface area contributed by atoms with Crippen molar-refractivity contribution in [2.24, 2.45) is 0 Å². The Balaban J connectivity index is -0.000000164. The number of likely N-dealkylation sites (tertiary alicyclic amines) is 8. The molecule has 10 rings (SSSR count). The van der Waals surface area contributed by atoms with Gasteiger partial charge in [0.15, 0.2) is 0 Å². The fraction of sp³-hybridized carbons (Fsp3) is 0.966. The summed E-state index contributed by atoms with van der Waals surface area (Å²) in [7, 11) is 0. The van der Waals surface area contributed by atoms with Gasteiger partial charge in [0.2, 0.25) is 5.91 Å². The van der Waals surface area contributed by atoms with Crippen molar-refractivity contribution in [3.63, 3.8) is 0 Å². The molecule has 0 aromatic carbocycles. The summed E-state index contributed by atoms with van der Waals surface area (Å²) in [6.45, 7) is 98.2. The van der Waals surface area contributed by atoms with Crippen LogP contribution in [0.1, 0.15) is 379 Å². The van der Waals surface area contributed by atoms with Crippen molar-refractivity contribution in [3.8, 4) is 0 Å². The zero-order valence-corrected chi connectivity index (χ0v) is 79.2. The fourth-order valence-electron chi connectivity index (χ4n) is 13.9. The molecular formula is C89H198N10O4S. The molecule has 0 saturated carbocycles. The van der Waals surface area contributed by atoms with E-state index in [1.165, 1.54) is 167 Å². The number of ketones is 2. The molecule has 0 bridgehead atoms. The van der Waals surface area contributed by atoms with Gasteiger partial charge >= 0.3 is 0 Å². The van der Waals surface area contributed by atoms with E-state index in [-0.39, 0.29) is 18.1 Å². The molecule has 10 aliphatic rings. The van der Waals surface area contributed by atoms with Gasteiger partial charge in [-0.25, -0.2) is 0 Å². The lowest BCUT2D eigenvalue weighted by molar-refractivity contribution is -0.135. The summed E-state index contributed by atoms with van der Waals surface area (Å²) in [4.78, 5) is 61.7. The number of hydroxylamine groups is 2. The minimum absolute atomic E-state index is 0.183. The van der Waals surface area contributed by atoms with Gasteiger partial charge < -0.3 is 19.6 Å². The molecule has 0 aliphatic carbocycles. The number of amides is 1. The van der Waals surface area contributed by atoms with Gasteiger partial charge in [0.05, 0.1) is 24.7 Å². The third kappa shape index (κ3) is 56.0. The molecule has 0 spiro atoms. The van der Waals surface area contributed by atoms with Gasteiger partial charge in [0, 0.05) is 98.7 Å². The second-order valence-electron chi connectivity index (χ2n) is 28.2. The van der Waals surface area contributed by atoms with E-state index in [0.29, 0.717) is 41.6 Å². The Hall–Kier alpha value is -1.24. The summed E-state index contributed by atoms with van der Waals surface area (Å²) < 4.78 is 0. The largest absolute Gasteiger partial charge is 0.341 e. The number of nitrogens with zero attached hydrogens (tertiary/aromatic N) is 10. The van der Waals surface area contributed by atoms with E-state index in [2.05, 4.69) is 155 Å². The van der Waals surface area contributed by atoms with Gasteiger partial charge in [0.25, 0.3) is 0 Å². The van der Waals surface area contributed by atoms with E-state index in [9.17, 15) is 14.4 Å². The molecule has 1 amide bonds. The van der Waals surface area contributed by atoms with Crippen LogP contribution in [0.4, 0.5) is 0 Å². The van der Waals surface area contributed by atoms with Crippen molar-refractivity contribution < 1.29 is 19.2 Å². The van der Waals surface area contributed by atoms with Crippen molar-refractivity contribution in [3.05, 3.63) is 0 Å². The average molecular weight is 1500 g/mol. The number of carbonyl (C=O) groups is 3. The second-order valence-corrected chi connectivity index (χ2v) is 29.3. The third-order valence-corrected chi connectivity index (χ3v) is 20.1. The molecular weight excluding hydrogens is 1310 g/mol. The summed E-state index contributed by atoms with van der Waals surface area (Å²) in [5.41, 5.74) is 0. The molecule has 10 aliphatic heterocycles. The number of Topliss-reactive ketones (excluding diaryl/α,β-unsaturated/α-hetero) is 2. The maximum Gasteiger partial charge on any atom is 0.239 e. The third-order valence-electron chi connectivity index (χ3n) is 19.1. The van der Waals surface area contributed by atoms with E-state index in [1.807, 2.05) is 155 Å². The van der Waals surface area contributed by atoms with Crippen LogP contribution >= 0.6 is 11.8 Å². The number of hydrogen-bond donors (Lipinski definition) is 0. The van der Waals surface area contributed by atoms with Crippen LogP contribution in [0.2, 0.25) is 0 Å². The number of hydrogen-bond acceptors (Lipinski definition) is 14. The van der Waals surface area contributed by atoms with Crippen LogP contribution < -0.4 is 0 Å². The van der Waals surface area contributed by atoms with Crippen LogP contribution in [-0.4, -0.2) is 256 Å². The van der Waals surface area contributed by atoms with E-state index in [0.717, 1.165) is 95.3 Å². The zero-order valence-electron chi connectivity index (χ0n) is 78.4. The van der Waals surface area contributed by atoms with Crippen molar-refractivity contribution in [2.45, 2.75) is 451 Å². The van der Waals surface area contributed by atoms with Crippen LogP contribution in [-0.2, 0) is 19.2 Å². The molecule has 4 atom stereocenters. The molecule has 0 N–H and O–H groups in total. The van der Waals surface area contributed by atoms with Gasteiger partial charge in [0.1, 0.15) is 11.6 Å². The van der Waals surface area contributed by atoms with Crippen LogP contribution in [0.3, 0.4) is 0 Å². The lowest BCUT2D eigenvalue weighted by Crippen LogP contribution is -2.47. The maximum absolute atomic E-state index is 12.2. The highest BCUT2D eigenvalue weighted by atomic mass is 32.2. The second kappa shape index (κ2) is 82.7. The Labute approximate surface area is 661 Å². The molecule has 14 nitrogen and oxygen atoms in total. The molecule has 0 aromatic heterocycles. The van der Waals surface area contributed by atoms with Gasteiger partial charge in [-0.3, -0.25) is 43.7 Å². The van der Waals surface area contributed by atoms with E-state index in [4.69, 9.17) is 4.84 Å². The van der Waals surface area contributed by atoms with Gasteiger partial charge in [-0.2, -0.15) is 5.06 Å². The summed E-state index contributed by atoms with van der Waals surface area (Å²) in [5, 5.41) is 2.03. The topological polar surface area (TPSA) is 92.8 Å². The molecule has 104 heavy (non-hydrogen) atoms. The molecule has 10 saturated heterocycles. The molecule has 0 unspecified atom stereocenters. The summed E-state index contributed by atoms with van der Waals surface area (Å²) in [6, 6.07) is 6.61. The smallest absolute Gasteiger partial charge is 0.239 e. The minimum Gasteiger partial charge on any atom is -0.341 e. The fourth-order valence-corrected chi connectivity index (χ4v) is 15.1. The van der Waals surface area contributed by atoms with Gasteiger partial charge in [-0.15, -0.1) is 11.8 Å². The lowest BCUT2D eigenvalue weighted by atomic mass is 10.1. The lowest BCUT2D eigenvalue weighted by Gasteiger charge is -2.31. The molecule has 634 valence electrons. The monoisotopic (exact) mass is 1500 g/mol. The Morgan fingerprint density at radius 3 is 0.904 bits per heavy atom. The summed E-state index contributed by atoms with van der Waals surface area (Å²) in [5.74, 6) is 3.63. The van der Waals surface area contributed by atoms with Crippen LogP contribution in [0.5, 0.6) is 0 Å².